The highest BCUT2D eigenvalue weighted by atomic mass is 35.5. The molecular weight excluding hydrogens is 370 g/mol. The summed E-state index contributed by atoms with van der Waals surface area (Å²) in [6.45, 7) is 1.28. The van der Waals surface area contributed by atoms with Gasteiger partial charge in [0.2, 0.25) is 10.9 Å². The van der Waals surface area contributed by atoms with Crippen LogP contribution in [-0.4, -0.2) is 50.4 Å². The lowest BCUT2D eigenvalue weighted by Gasteiger charge is -2.34. The van der Waals surface area contributed by atoms with E-state index < -0.39 is 22.0 Å². The normalized spacial score (nSPS) is 18.4. The molecular formula is C15H18ClN3O5S. The standard InChI is InChI=1S/C15H17N3O5S.ClH/c1-22-15(19)13-4-5-14(23-13)24(20,21)18-8-7-17-10-12(18)11-3-2-6-16-9-11;/h2-6,9,12,17H,7-8,10H2,1H3;1H. The summed E-state index contributed by atoms with van der Waals surface area (Å²) in [4.78, 5) is 15.5. The number of sulfonamides is 1. The number of carbonyl (C=O) groups is 1. The van der Waals surface area contributed by atoms with E-state index in [0.717, 1.165) is 5.56 Å². The molecule has 0 saturated carbocycles. The molecule has 0 spiro atoms. The lowest BCUT2D eigenvalue weighted by atomic mass is 10.1. The average molecular weight is 388 g/mol. The Bertz CT molecular complexity index is 825. The largest absolute Gasteiger partial charge is 0.463 e. The third-order valence-electron chi connectivity index (χ3n) is 3.79. The smallest absolute Gasteiger partial charge is 0.374 e. The van der Waals surface area contributed by atoms with E-state index in [0.29, 0.717) is 13.1 Å². The zero-order chi connectivity index (χ0) is 17.2. The van der Waals surface area contributed by atoms with Gasteiger partial charge in [-0.05, 0) is 23.8 Å². The van der Waals surface area contributed by atoms with E-state index in [1.54, 1.807) is 18.5 Å². The minimum Gasteiger partial charge on any atom is -0.463 e. The van der Waals surface area contributed by atoms with Crippen molar-refractivity contribution in [1.29, 1.82) is 0 Å². The molecule has 3 heterocycles. The van der Waals surface area contributed by atoms with Gasteiger partial charge in [0.15, 0.2) is 0 Å². The van der Waals surface area contributed by atoms with Gasteiger partial charge in [0.25, 0.3) is 10.0 Å². The van der Waals surface area contributed by atoms with E-state index in [2.05, 4.69) is 15.0 Å². The molecule has 10 heteroatoms. The average Bonchev–Trinajstić information content (AvgIpc) is 3.13. The number of furan rings is 1. The number of nitrogens with one attached hydrogen (secondary N) is 1. The Morgan fingerprint density at radius 2 is 2.20 bits per heavy atom. The predicted molar refractivity (Wildman–Crippen MR) is 91.0 cm³/mol. The van der Waals surface area contributed by atoms with Crippen molar-refractivity contribution in [3.05, 3.63) is 48.0 Å². The lowest BCUT2D eigenvalue weighted by Crippen LogP contribution is -2.48. The maximum atomic E-state index is 12.9. The number of pyridine rings is 1. The number of esters is 1. The van der Waals surface area contributed by atoms with E-state index in [-0.39, 0.29) is 29.8 Å². The van der Waals surface area contributed by atoms with Crippen LogP contribution in [0.1, 0.15) is 22.2 Å². The highest BCUT2D eigenvalue weighted by Crippen LogP contribution is 2.29. The SMILES string of the molecule is COC(=O)c1ccc(S(=O)(=O)N2CCNCC2c2cccnc2)o1.Cl. The van der Waals surface area contributed by atoms with Gasteiger partial charge in [0.05, 0.1) is 13.2 Å². The monoisotopic (exact) mass is 387 g/mol. The van der Waals surface area contributed by atoms with Crippen LogP contribution >= 0.6 is 12.4 Å². The molecule has 1 unspecified atom stereocenters. The molecule has 0 radical (unpaired) electrons. The molecule has 1 atom stereocenters. The number of halogens is 1. The van der Waals surface area contributed by atoms with Crippen molar-refractivity contribution in [2.75, 3.05) is 26.7 Å². The van der Waals surface area contributed by atoms with Crippen molar-refractivity contribution in [2.24, 2.45) is 0 Å². The van der Waals surface area contributed by atoms with Crippen LogP contribution in [0, 0.1) is 0 Å². The second kappa shape index (κ2) is 7.96. The highest BCUT2D eigenvalue weighted by Gasteiger charge is 2.36. The summed E-state index contributed by atoms with van der Waals surface area (Å²) in [6, 6.07) is 5.75. The first kappa shape index (κ1) is 19.4. The maximum absolute atomic E-state index is 12.9. The van der Waals surface area contributed by atoms with Crippen LogP contribution in [0.5, 0.6) is 0 Å². The van der Waals surface area contributed by atoms with Crippen LogP contribution in [0.4, 0.5) is 0 Å². The van der Waals surface area contributed by atoms with Crippen LogP contribution in [0.3, 0.4) is 0 Å². The fourth-order valence-corrected chi connectivity index (χ4v) is 4.14. The molecule has 1 saturated heterocycles. The van der Waals surface area contributed by atoms with Gasteiger partial charge < -0.3 is 14.5 Å². The molecule has 1 aliphatic rings. The molecule has 0 bridgehead atoms. The van der Waals surface area contributed by atoms with Crippen molar-refractivity contribution in [2.45, 2.75) is 11.1 Å². The van der Waals surface area contributed by atoms with Crippen molar-refractivity contribution >= 4 is 28.4 Å². The number of hydrogen-bond acceptors (Lipinski definition) is 7. The van der Waals surface area contributed by atoms with Crippen LogP contribution in [0.2, 0.25) is 0 Å². The molecule has 0 aromatic carbocycles. The summed E-state index contributed by atoms with van der Waals surface area (Å²) in [5, 5.41) is 2.90. The first-order chi connectivity index (χ1) is 11.5. The Morgan fingerprint density at radius 3 is 2.88 bits per heavy atom. The predicted octanol–water partition coefficient (Wildman–Crippen LogP) is 1.22. The Morgan fingerprint density at radius 1 is 1.40 bits per heavy atom. The van der Waals surface area contributed by atoms with Gasteiger partial charge >= 0.3 is 5.97 Å². The molecule has 136 valence electrons. The number of ether oxygens (including phenoxy) is 1. The highest BCUT2D eigenvalue weighted by molar-refractivity contribution is 7.89. The minimum absolute atomic E-state index is 0. The summed E-state index contributed by atoms with van der Waals surface area (Å²) in [7, 11) is -2.69. The molecule has 0 amide bonds. The third kappa shape index (κ3) is 3.84. The van der Waals surface area contributed by atoms with E-state index in [1.165, 1.54) is 23.5 Å². The Balaban J connectivity index is 0.00000225. The molecule has 2 aromatic rings. The van der Waals surface area contributed by atoms with E-state index >= 15 is 0 Å². The first-order valence-electron chi connectivity index (χ1n) is 7.34. The second-order valence-corrected chi connectivity index (χ2v) is 7.05. The van der Waals surface area contributed by atoms with Crippen molar-refractivity contribution < 1.29 is 22.4 Å². The fourth-order valence-electron chi connectivity index (χ4n) is 2.62. The minimum atomic E-state index is -3.89. The maximum Gasteiger partial charge on any atom is 0.374 e. The lowest BCUT2D eigenvalue weighted by molar-refractivity contribution is 0.0558. The van der Waals surface area contributed by atoms with Gasteiger partial charge in [0, 0.05) is 32.0 Å². The number of piperazine rings is 1. The Kier molecular flexibility index (Phi) is 6.17. The molecule has 1 fully saturated rings. The summed E-state index contributed by atoms with van der Waals surface area (Å²) in [5.74, 6) is -0.871. The van der Waals surface area contributed by atoms with Gasteiger partial charge in [-0.1, -0.05) is 6.07 Å². The van der Waals surface area contributed by atoms with Gasteiger partial charge in [-0.2, -0.15) is 4.31 Å². The molecule has 0 aliphatic carbocycles. The van der Waals surface area contributed by atoms with Crippen LogP contribution < -0.4 is 5.32 Å². The van der Waals surface area contributed by atoms with Crippen LogP contribution in [0.15, 0.2) is 46.2 Å². The van der Waals surface area contributed by atoms with Gasteiger partial charge in [0.1, 0.15) is 0 Å². The molecule has 2 aromatic heterocycles. The van der Waals surface area contributed by atoms with E-state index in [1.807, 2.05) is 6.07 Å². The summed E-state index contributed by atoms with van der Waals surface area (Å²) >= 11 is 0. The number of carbonyl (C=O) groups excluding carboxylic acids is 1. The first-order valence-corrected chi connectivity index (χ1v) is 8.78. The van der Waals surface area contributed by atoms with E-state index in [4.69, 9.17) is 4.42 Å². The number of nitrogens with zero attached hydrogens (tertiary/aromatic N) is 2. The number of methoxy groups -OCH3 is 1. The number of hydrogen-bond donors (Lipinski definition) is 1. The number of aromatic nitrogens is 1. The van der Waals surface area contributed by atoms with Gasteiger partial charge in [-0.3, -0.25) is 4.98 Å². The Labute approximate surface area is 151 Å². The topological polar surface area (TPSA) is 102 Å². The summed E-state index contributed by atoms with van der Waals surface area (Å²) < 4.78 is 37.0. The molecule has 1 aliphatic heterocycles. The summed E-state index contributed by atoms with van der Waals surface area (Å²) in [6.07, 6.45) is 3.27. The van der Waals surface area contributed by atoms with Crippen molar-refractivity contribution in [1.82, 2.24) is 14.6 Å². The quantitative estimate of drug-likeness (QED) is 0.787. The molecule has 1 N–H and O–H groups in total. The zero-order valence-corrected chi connectivity index (χ0v) is 15.0. The van der Waals surface area contributed by atoms with E-state index in [9.17, 15) is 13.2 Å². The van der Waals surface area contributed by atoms with Crippen molar-refractivity contribution in [3.8, 4) is 0 Å². The van der Waals surface area contributed by atoms with Crippen LogP contribution in [-0.2, 0) is 14.8 Å². The fraction of sp³-hybridized carbons (Fsp3) is 0.333. The second-order valence-electron chi connectivity index (χ2n) is 5.23. The summed E-state index contributed by atoms with van der Waals surface area (Å²) in [5.41, 5.74) is 0.785. The Hall–Kier alpha value is -1.94. The van der Waals surface area contributed by atoms with Crippen molar-refractivity contribution in [3.63, 3.8) is 0 Å². The molecule has 3 rings (SSSR count). The van der Waals surface area contributed by atoms with Gasteiger partial charge in [-0.15, -0.1) is 12.4 Å². The number of rotatable bonds is 4. The van der Waals surface area contributed by atoms with Crippen LogP contribution in [0.25, 0.3) is 0 Å². The zero-order valence-electron chi connectivity index (χ0n) is 13.4. The van der Waals surface area contributed by atoms with Gasteiger partial charge in [-0.25, -0.2) is 13.2 Å². The third-order valence-corrected chi connectivity index (χ3v) is 5.58. The molecule has 25 heavy (non-hydrogen) atoms. The molecule has 8 nitrogen and oxygen atoms in total.